The van der Waals surface area contributed by atoms with E-state index in [-0.39, 0.29) is 17.4 Å². The van der Waals surface area contributed by atoms with Gasteiger partial charge in [-0.3, -0.25) is 0 Å². The number of benzene rings is 3. The number of fused-ring (bicyclic) bond motifs is 1. The van der Waals surface area contributed by atoms with E-state index >= 15 is 0 Å². The lowest BCUT2D eigenvalue weighted by Gasteiger charge is -2.26. The van der Waals surface area contributed by atoms with Crippen LogP contribution in [0.1, 0.15) is 22.6 Å². The van der Waals surface area contributed by atoms with Gasteiger partial charge in [-0.15, -0.1) is 0 Å². The number of halogens is 1. The van der Waals surface area contributed by atoms with E-state index in [1.807, 2.05) is 12.1 Å². The Balaban J connectivity index is 1.59. The van der Waals surface area contributed by atoms with Crippen molar-refractivity contribution in [1.29, 1.82) is 5.26 Å². The number of hydrogen-bond donors (Lipinski definition) is 2. The monoisotopic (exact) mass is 388 g/mol. The third-order valence-electron chi connectivity index (χ3n) is 4.73. The minimum atomic E-state index is -0.407. The van der Waals surface area contributed by atoms with Crippen molar-refractivity contribution in [3.05, 3.63) is 101 Å². The Labute approximate surface area is 167 Å². The second kappa shape index (κ2) is 7.56. The highest BCUT2D eigenvalue weighted by Crippen LogP contribution is 2.43. The Bertz CT molecular complexity index is 1120. The molecule has 0 fully saturated rings. The van der Waals surface area contributed by atoms with Gasteiger partial charge in [0.05, 0.1) is 5.92 Å². The van der Waals surface area contributed by atoms with Gasteiger partial charge in [-0.2, -0.15) is 5.26 Å². The summed E-state index contributed by atoms with van der Waals surface area (Å²) in [6, 6.07) is 20.3. The van der Waals surface area contributed by atoms with Crippen molar-refractivity contribution in [2.45, 2.75) is 12.5 Å². The maximum absolute atomic E-state index is 13.0. The number of ether oxygens (including phenoxy) is 2. The van der Waals surface area contributed by atoms with Crippen LogP contribution in [0.5, 0.6) is 17.2 Å². The van der Waals surface area contributed by atoms with Gasteiger partial charge in [-0.05, 0) is 41.5 Å². The van der Waals surface area contributed by atoms with E-state index in [0.717, 1.165) is 16.7 Å². The molecule has 1 atom stereocenters. The average molecular weight is 388 g/mol. The Kier molecular flexibility index (Phi) is 4.80. The fourth-order valence-electron chi connectivity index (χ4n) is 3.29. The molecule has 0 saturated carbocycles. The van der Waals surface area contributed by atoms with E-state index in [1.165, 1.54) is 18.2 Å². The summed E-state index contributed by atoms with van der Waals surface area (Å²) in [6.07, 6.45) is 0. The molecule has 3 aromatic carbocycles. The fourth-order valence-corrected chi connectivity index (χ4v) is 3.29. The van der Waals surface area contributed by atoms with Crippen molar-refractivity contribution in [1.82, 2.24) is 0 Å². The zero-order valence-electron chi connectivity index (χ0n) is 15.3. The van der Waals surface area contributed by atoms with Crippen LogP contribution >= 0.6 is 0 Å². The van der Waals surface area contributed by atoms with Crippen molar-refractivity contribution in [3.8, 4) is 23.3 Å². The molecule has 4 rings (SSSR count). The van der Waals surface area contributed by atoms with Gasteiger partial charge in [0.15, 0.2) is 0 Å². The van der Waals surface area contributed by atoms with Gasteiger partial charge in [0.1, 0.15) is 41.3 Å². The Morgan fingerprint density at radius 1 is 1.07 bits per heavy atom. The van der Waals surface area contributed by atoms with Crippen LogP contribution in [0, 0.1) is 17.1 Å². The summed E-state index contributed by atoms with van der Waals surface area (Å²) >= 11 is 0. The van der Waals surface area contributed by atoms with Crippen molar-refractivity contribution in [2.75, 3.05) is 0 Å². The molecule has 0 bridgehead atoms. The summed E-state index contributed by atoms with van der Waals surface area (Å²) in [5.74, 6) is 0.446. The van der Waals surface area contributed by atoms with Crippen molar-refractivity contribution < 1.29 is 19.0 Å². The summed E-state index contributed by atoms with van der Waals surface area (Å²) in [7, 11) is 0. The minimum Gasteiger partial charge on any atom is -0.508 e. The number of nitrogens with zero attached hydrogens (tertiary/aromatic N) is 1. The number of rotatable bonds is 4. The molecule has 0 radical (unpaired) electrons. The van der Waals surface area contributed by atoms with Gasteiger partial charge in [0.2, 0.25) is 5.88 Å². The standard InChI is InChI=1S/C23H17FN2O3/c24-16-5-1-14(2-6-16)13-28-18-8-3-15(4-9-18)22-19-10-7-17(27)11-21(19)29-23(26)20(22)12-25/h1-11,22,27H,13,26H2/t22-/m0/s1. The van der Waals surface area contributed by atoms with Crippen molar-refractivity contribution >= 4 is 0 Å². The van der Waals surface area contributed by atoms with E-state index in [2.05, 4.69) is 6.07 Å². The number of nitriles is 1. The largest absolute Gasteiger partial charge is 0.508 e. The molecule has 5 nitrogen and oxygen atoms in total. The van der Waals surface area contributed by atoms with Crippen LogP contribution in [0.4, 0.5) is 4.39 Å². The van der Waals surface area contributed by atoms with Crippen LogP contribution < -0.4 is 15.2 Å². The molecule has 0 amide bonds. The van der Waals surface area contributed by atoms with Crippen molar-refractivity contribution in [3.63, 3.8) is 0 Å². The molecule has 3 N–H and O–H groups in total. The molecule has 0 saturated heterocycles. The summed E-state index contributed by atoms with van der Waals surface area (Å²) in [5, 5.41) is 19.3. The van der Waals surface area contributed by atoms with Crippen LogP contribution in [0.25, 0.3) is 0 Å². The maximum Gasteiger partial charge on any atom is 0.205 e. The van der Waals surface area contributed by atoms with Gasteiger partial charge >= 0.3 is 0 Å². The topological polar surface area (TPSA) is 88.5 Å². The molecule has 0 unspecified atom stereocenters. The molecule has 1 aliphatic heterocycles. The van der Waals surface area contributed by atoms with E-state index < -0.39 is 5.92 Å². The number of allylic oxidation sites excluding steroid dienone is 1. The molecule has 29 heavy (non-hydrogen) atoms. The highest BCUT2D eigenvalue weighted by molar-refractivity contribution is 5.57. The second-order valence-electron chi connectivity index (χ2n) is 6.63. The molecular formula is C23H17FN2O3. The molecule has 144 valence electrons. The molecule has 0 aliphatic carbocycles. The predicted octanol–water partition coefficient (Wildman–Crippen LogP) is 4.33. The van der Waals surface area contributed by atoms with Gasteiger partial charge in [-0.25, -0.2) is 4.39 Å². The molecule has 1 heterocycles. The molecule has 0 aromatic heterocycles. The molecule has 1 aliphatic rings. The van der Waals surface area contributed by atoms with Gasteiger partial charge in [0.25, 0.3) is 0 Å². The average Bonchev–Trinajstić information content (AvgIpc) is 2.72. The molecular weight excluding hydrogens is 371 g/mol. The normalized spacial score (nSPS) is 15.2. The lowest BCUT2D eigenvalue weighted by atomic mass is 9.83. The first-order valence-corrected chi connectivity index (χ1v) is 8.93. The molecule has 0 spiro atoms. The number of hydrogen-bond acceptors (Lipinski definition) is 5. The zero-order chi connectivity index (χ0) is 20.4. The van der Waals surface area contributed by atoms with Gasteiger partial charge in [0, 0.05) is 11.6 Å². The SMILES string of the molecule is N#CC1=C(N)Oc2cc(O)ccc2[C@@H]1c1ccc(OCc2ccc(F)cc2)cc1. The van der Waals surface area contributed by atoms with Crippen LogP contribution in [0.15, 0.2) is 78.2 Å². The summed E-state index contributed by atoms with van der Waals surface area (Å²) in [6.45, 7) is 0.315. The lowest BCUT2D eigenvalue weighted by Crippen LogP contribution is -2.20. The third-order valence-corrected chi connectivity index (χ3v) is 4.73. The highest BCUT2D eigenvalue weighted by atomic mass is 19.1. The van der Waals surface area contributed by atoms with E-state index in [1.54, 1.807) is 36.4 Å². The van der Waals surface area contributed by atoms with Crippen molar-refractivity contribution in [2.24, 2.45) is 5.73 Å². The highest BCUT2D eigenvalue weighted by Gasteiger charge is 2.30. The first-order chi connectivity index (χ1) is 14.0. The Hall–Kier alpha value is -3.98. The second-order valence-corrected chi connectivity index (χ2v) is 6.63. The Morgan fingerprint density at radius 2 is 1.79 bits per heavy atom. The zero-order valence-corrected chi connectivity index (χ0v) is 15.3. The number of nitrogens with two attached hydrogens (primary N) is 1. The third kappa shape index (κ3) is 3.71. The Morgan fingerprint density at radius 3 is 2.48 bits per heavy atom. The maximum atomic E-state index is 13.0. The summed E-state index contributed by atoms with van der Waals surface area (Å²) in [4.78, 5) is 0. The quantitative estimate of drug-likeness (QED) is 0.695. The molecule has 3 aromatic rings. The summed E-state index contributed by atoms with van der Waals surface area (Å²) in [5.41, 5.74) is 8.69. The van der Waals surface area contributed by atoms with Crippen LogP contribution in [0.2, 0.25) is 0 Å². The molecule has 6 heteroatoms. The number of phenolic OH excluding ortho intramolecular Hbond substituents is 1. The first kappa shape index (κ1) is 18.4. The minimum absolute atomic E-state index is 0.0206. The van der Waals surface area contributed by atoms with Gasteiger partial charge < -0.3 is 20.3 Å². The fraction of sp³-hybridized carbons (Fsp3) is 0.0870. The van der Waals surface area contributed by atoms with E-state index in [4.69, 9.17) is 15.2 Å². The van der Waals surface area contributed by atoms with E-state index in [0.29, 0.717) is 23.7 Å². The lowest BCUT2D eigenvalue weighted by molar-refractivity contribution is 0.306. The first-order valence-electron chi connectivity index (χ1n) is 8.93. The predicted molar refractivity (Wildman–Crippen MR) is 105 cm³/mol. The van der Waals surface area contributed by atoms with Gasteiger partial charge in [-0.1, -0.05) is 30.3 Å². The van der Waals surface area contributed by atoms with Crippen LogP contribution in [0.3, 0.4) is 0 Å². The summed E-state index contributed by atoms with van der Waals surface area (Å²) < 4.78 is 24.3. The van der Waals surface area contributed by atoms with Crippen LogP contribution in [-0.2, 0) is 6.61 Å². The smallest absolute Gasteiger partial charge is 0.205 e. The number of phenols is 1. The number of aromatic hydroxyl groups is 1. The van der Waals surface area contributed by atoms with E-state index in [9.17, 15) is 14.8 Å². The van der Waals surface area contributed by atoms with Crippen LogP contribution in [-0.4, -0.2) is 5.11 Å².